The van der Waals surface area contributed by atoms with Crippen molar-refractivity contribution in [3.8, 4) is 0 Å². The first-order chi connectivity index (χ1) is 8.07. The Morgan fingerprint density at radius 3 is 2.76 bits per heavy atom. The van der Waals surface area contributed by atoms with Crippen molar-refractivity contribution in [1.82, 2.24) is 10.2 Å². The summed E-state index contributed by atoms with van der Waals surface area (Å²) in [6.45, 7) is 2.12. The third-order valence-electron chi connectivity index (χ3n) is 4.03. The van der Waals surface area contributed by atoms with Gasteiger partial charge < -0.3 is 10.2 Å². The first kappa shape index (κ1) is 13.3. The van der Waals surface area contributed by atoms with Crippen molar-refractivity contribution in [1.29, 1.82) is 0 Å². The van der Waals surface area contributed by atoms with Gasteiger partial charge in [0, 0.05) is 18.6 Å². The highest BCUT2D eigenvalue weighted by atomic mass is 32.2. The summed E-state index contributed by atoms with van der Waals surface area (Å²) in [6, 6.07) is 0.775. The van der Waals surface area contributed by atoms with Crippen molar-refractivity contribution in [2.24, 2.45) is 0 Å². The Hall–Kier alpha value is -0.130. The van der Waals surface area contributed by atoms with Crippen LogP contribution in [0.15, 0.2) is 0 Å². The molecule has 0 bridgehead atoms. The van der Waals surface area contributed by atoms with Gasteiger partial charge in [0.15, 0.2) is 9.84 Å². The van der Waals surface area contributed by atoms with E-state index in [-0.39, 0.29) is 6.04 Å². The van der Waals surface area contributed by atoms with Gasteiger partial charge in [-0.1, -0.05) is 6.42 Å². The Bertz CT molecular complexity index is 342. The molecule has 0 amide bonds. The maximum Gasteiger partial charge on any atom is 0.151 e. The average Bonchev–Trinajstić information content (AvgIpc) is 2.27. The van der Waals surface area contributed by atoms with Crippen molar-refractivity contribution >= 4 is 9.84 Å². The Balaban J connectivity index is 1.77. The average molecular weight is 260 g/mol. The minimum Gasteiger partial charge on any atom is -0.311 e. The highest BCUT2D eigenvalue weighted by Gasteiger charge is 2.26. The van der Waals surface area contributed by atoms with Gasteiger partial charge in [-0.3, -0.25) is 0 Å². The molecule has 1 N–H and O–H groups in total. The van der Waals surface area contributed by atoms with Crippen LogP contribution >= 0.6 is 0 Å². The van der Waals surface area contributed by atoms with Crippen LogP contribution in [0.25, 0.3) is 0 Å². The van der Waals surface area contributed by atoms with E-state index in [9.17, 15) is 8.42 Å². The SMILES string of the molecule is CN1CCCCC1CNC1CCCS(=O)(=O)C1. The van der Waals surface area contributed by atoms with Crippen LogP contribution in [0.2, 0.25) is 0 Å². The second-order valence-electron chi connectivity index (χ2n) is 5.49. The van der Waals surface area contributed by atoms with E-state index in [0.29, 0.717) is 17.5 Å². The van der Waals surface area contributed by atoms with Crippen molar-refractivity contribution in [2.75, 3.05) is 31.6 Å². The zero-order valence-corrected chi connectivity index (χ0v) is 11.5. The van der Waals surface area contributed by atoms with E-state index >= 15 is 0 Å². The largest absolute Gasteiger partial charge is 0.311 e. The van der Waals surface area contributed by atoms with E-state index < -0.39 is 9.84 Å². The smallest absolute Gasteiger partial charge is 0.151 e. The molecule has 0 saturated carbocycles. The molecule has 0 aromatic carbocycles. The van der Waals surface area contributed by atoms with E-state index in [1.807, 2.05) is 0 Å². The lowest BCUT2D eigenvalue weighted by Gasteiger charge is -2.34. The van der Waals surface area contributed by atoms with Gasteiger partial charge >= 0.3 is 0 Å². The number of likely N-dealkylation sites (tertiary alicyclic amines) is 1. The summed E-state index contributed by atoms with van der Waals surface area (Å²) in [6.07, 6.45) is 5.67. The molecule has 2 unspecified atom stereocenters. The molecular weight excluding hydrogens is 236 g/mol. The molecule has 2 atom stereocenters. The second-order valence-corrected chi connectivity index (χ2v) is 7.72. The van der Waals surface area contributed by atoms with Crippen LogP contribution < -0.4 is 5.32 Å². The Morgan fingerprint density at radius 2 is 2.06 bits per heavy atom. The van der Waals surface area contributed by atoms with Gasteiger partial charge in [0.2, 0.25) is 0 Å². The molecule has 0 aliphatic carbocycles. The number of hydrogen-bond acceptors (Lipinski definition) is 4. The molecule has 2 aliphatic heterocycles. The molecule has 17 heavy (non-hydrogen) atoms. The number of rotatable bonds is 3. The van der Waals surface area contributed by atoms with Gasteiger partial charge in [-0.15, -0.1) is 0 Å². The summed E-state index contributed by atoms with van der Waals surface area (Å²) in [5.74, 6) is 0.720. The fourth-order valence-electron chi connectivity index (χ4n) is 2.89. The monoisotopic (exact) mass is 260 g/mol. The lowest BCUT2D eigenvalue weighted by atomic mass is 10.0. The molecule has 2 rings (SSSR count). The van der Waals surface area contributed by atoms with Crippen molar-refractivity contribution < 1.29 is 8.42 Å². The lowest BCUT2D eigenvalue weighted by Crippen LogP contribution is -2.48. The summed E-state index contributed by atoms with van der Waals surface area (Å²) in [4.78, 5) is 2.40. The van der Waals surface area contributed by atoms with E-state index in [4.69, 9.17) is 0 Å². The normalized spacial score (nSPS) is 34.6. The number of nitrogens with one attached hydrogen (secondary N) is 1. The minimum absolute atomic E-state index is 0.184. The molecule has 5 heteroatoms. The highest BCUT2D eigenvalue weighted by molar-refractivity contribution is 7.91. The molecular formula is C12H24N2O2S. The molecule has 0 spiro atoms. The maximum atomic E-state index is 11.5. The fourth-order valence-corrected chi connectivity index (χ4v) is 4.56. The molecule has 2 fully saturated rings. The molecule has 0 aromatic rings. The number of nitrogens with zero attached hydrogens (tertiary/aromatic N) is 1. The molecule has 2 aliphatic rings. The second kappa shape index (κ2) is 5.67. The first-order valence-corrected chi connectivity index (χ1v) is 8.53. The zero-order valence-electron chi connectivity index (χ0n) is 10.7. The van der Waals surface area contributed by atoms with E-state index in [2.05, 4.69) is 17.3 Å². The van der Waals surface area contributed by atoms with Gasteiger partial charge in [0.05, 0.1) is 11.5 Å². The van der Waals surface area contributed by atoms with Gasteiger partial charge in [-0.25, -0.2) is 8.42 Å². The molecule has 0 radical (unpaired) electrons. The minimum atomic E-state index is -2.77. The van der Waals surface area contributed by atoms with E-state index in [1.165, 1.54) is 25.8 Å². The van der Waals surface area contributed by atoms with Gasteiger partial charge in [-0.2, -0.15) is 0 Å². The fraction of sp³-hybridized carbons (Fsp3) is 1.00. The van der Waals surface area contributed by atoms with Gasteiger partial charge in [0.1, 0.15) is 0 Å². The van der Waals surface area contributed by atoms with Crippen LogP contribution in [0.5, 0.6) is 0 Å². The molecule has 100 valence electrons. The van der Waals surface area contributed by atoms with Crippen LogP contribution in [0.3, 0.4) is 0 Å². The Kier molecular flexibility index (Phi) is 4.44. The van der Waals surface area contributed by atoms with Crippen LogP contribution in [0.4, 0.5) is 0 Å². The van der Waals surface area contributed by atoms with Crippen LogP contribution in [-0.2, 0) is 9.84 Å². The molecule has 4 nitrogen and oxygen atoms in total. The number of sulfone groups is 1. The third kappa shape index (κ3) is 3.93. The summed E-state index contributed by atoms with van der Waals surface area (Å²) in [5.41, 5.74) is 0. The number of piperidine rings is 1. The van der Waals surface area contributed by atoms with Crippen LogP contribution in [0.1, 0.15) is 32.1 Å². The number of hydrogen-bond donors (Lipinski definition) is 1. The predicted molar refractivity (Wildman–Crippen MR) is 69.9 cm³/mol. The Labute approximate surface area is 105 Å². The molecule has 2 saturated heterocycles. The number of likely N-dealkylation sites (N-methyl/N-ethyl adjacent to an activating group) is 1. The van der Waals surface area contributed by atoms with Gasteiger partial charge in [-0.05, 0) is 39.3 Å². The summed E-state index contributed by atoms with van der Waals surface area (Å²) < 4.78 is 23.1. The standard InChI is InChI=1S/C12H24N2O2S/c1-14-7-3-2-6-12(14)9-13-11-5-4-8-17(15,16)10-11/h11-13H,2-10H2,1H3. The Morgan fingerprint density at radius 1 is 1.24 bits per heavy atom. The van der Waals surface area contributed by atoms with E-state index in [0.717, 1.165) is 19.4 Å². The van der Waals surface area contributed by atoms with Crippen molar-refractivity contribution in [3.05, 3.63) is 0 Å². The molecule has 0 aromatic heterocycles. The summed E-state index contributed by atoms with van der Waals surface area (Å²) >= 11 is 0. The van der Waals surface area contributed by atoms with Crippen molar-refractivity contribution in [3.63, 3.8) is 0 Å². The third-order valence-corrected chi connectivity index (χ3v) is 5.85. The van der Waals surface area contributed by atoms with Crippen LogP contribution in [-0.4, -0.2) is 57.0 Å². The predicted octanol–water partition coefficient (Wildman–Crippen LogP) is 0.638. The summed E-state index contributed by atoms with van der Waals surface area (Å²) in [5, 5.41) is 3.46. The van der Waals surface area contributed by atoms with Gasteiger partial charge in [0.25, 0.3) is 0 Å². The summed E-state index contributed by atoms with van der Waals surface area (Å²) in [7, 11) is -0.605. The zero-order chi connectivity index (χ0) is 12.3. The molecule has 2 heterocycles. The topological polar surface area (TPSA) is 49.4 Å². The highest BCUT2D eigenvalue weighted by Crippen LogP contribution is 2.16. The maximum absolute atomic E-state index is 11.5. The van der Waals surface area contributed by atoms with Crippen molar-refractivity contribution in [2.45, 2.75) is 44.2 Å². The van der Waals surface area contributed by atoms with Crippen LogP contribution in [0, 0.1) is 0 Å². The first-order valence-electron chi connectivity index (χ1n) is 6.71. The van der Waals surface area contributed by atoms with E-state index in [1.54, 1.807) is 0 Å². The lowest BCUT2D eigenvalue weighted by molar-refractivity contribution is 0.178. The quantitative estimate of drug-likeness (QED) is 0.809.